The molecule has 1 N–H and O–H groups in total. The lowest BCUT2D eigenvalue weighted by Gasteiger charge is -2.33. The number of aromatic nitrogens is 1. The molecule has 2 rings (SSSR count). The van der Waals surface area contributed by atoms with E-state index in [-0.39, 0.29) is 5.54 Å². The Kier molecular flexibility index (Phi) is 5.00. The molecule has 0 aromatic carbocycles. The van der Waals surface area contributed by atoms with Crippen LogP contribution in [0.2, 0.25) is 0 Å². The summed E-state index contributed by atoms with van der Waals surface area (Å²) in [5.74, 6) is 1.13. The van der Waals surface area contributed by atoms with E-state index in [1.165, 1.54) is 5.69 Å². The Morgan fingerprint density at radius 3 is 2.50 bits per heavy atom. The first-order valence-electron chi connectivity index (χ1n) is 7.58. The lowest BCUT2D eigenvalue weighted by Crippen LogP contribution is -2.44. The number of nitrogens with zero attached hydrogens (tertiary/aromatic N) is 3. The fourth-order valence-corrected chi connectivity index (χ4v) is 2.38. The number of hydrogen-bond donors (Lipinski definition) is 1. The summed E-state index contributed by atoms with van der Waals surface area (Å²) < 4.78 is 0. The van der Waals surface area contributed by atoms with Crippen LogP contribution in [0.1, 0.15) is 26.5 Å². The van der Waals surface area contributed by atoms with Crippen LogP contribution >= 0.6 is 0 Å². The van der Waals surface area contributed by atoms with E-state index in [0.29, 0.717) is 0 Å². The molecule has 0 saturated carbocycles. The summed E-state index contributed by atoms with van der Waals surface area (Å²) in [7, 11) is 2.18. The lowest BCUT2D eigenvalue weighted by molar-refractivity contribution is 0.312. The van der Waals surface area contributed by atoms with Crippen molar-refractivity contribution in [1.29, 1.82) is 0 Å². The van der Waals surface area contributed by atoms with Crippen LogP contribution in [0, 0.1) is 0 Å². The summed E-state index contributed by atoms with van der Waals surface area (Å²) in [5, 5.41) is 3.51. The second-order valence-electron chi connectivity index (χ2n) is 6.70. The summed E-state index contributed by atoms with van der Waals surface area (Å²) in [6.07, 6.45) is 0.985. The van der Waals surface area contributed by atoms with E-state index in [9.17, 15) is 0 Å². The quantitative estimate of drug-likeness (QED) is 0.908. The standard InChI is InChI=1S/C16H28N4/c1-16(2,3)17-9-8-14-6-5-7-15(18-14)20-12-10-19(4)11-13-20/h5-7,17H,8-13H2,1-4H3. The second-order valence-corrected chi connectivity index (χ2v) is 6.70. The summed E-state index contributed by atoms with van der Waals surface area (Å²) in [6.45, 7) is 12.0. The molecule has 1 aromatic rings. The number of rotatable bonds is 4. The van der Waals surface area contributed by atoms with Gasteiger partial charge in [0.2, 0.25) is 0 Å². The van der Waals surface area contributed by atoms with Crippen LogP contribution < -0.4 is 10.2 Å². The molecule has 1 aliphatic rings. The molecule has 0 radical (unpaired) electrons. The fourth-order valence-electron chi connectivity index (χ4n) is 2.38. The average molecular weight is 276 g/mol. The van der Waals surface area contributed by atoms with E-state index in [0.717, 1.165) is 45.0 Å². The van der Waals surface area contributed by atoms with Gasteiger partial charge in [0, 0.05) is 50.4 Å². The molecule has 0 bridgehead atoms. The van der Waals surface area contributed by atoms with Crippen molar-refractivity contribution in [3.8, 4) is 0 Å². The van der Waals surface area contributed by atoms with E-state index in [1.54, 1.807) is 0 Å². The molecule has 0 amide bonds. The summed E-state index contributed by atoms with van der Waals surface area (Å²) in [4.78, 5) is 9.57. The topological polar surface area (TPSA) is 31.4 Å². The number of anilines is 1. The highest BCUT2D eigenvalue weighted by Crippen LogP contribution is 2.14. The zero-order valence-corrected chi connectivity index (χ0v) is 13.3. The Morgan fingerprint density at radius 2 is 1.85 bits per heavy atom. The monoisotopic (exact) mass is 276 g/mol. The van der Waals surface area contributed by atoms with Gasteiger partial charge in [-0.2, -0.15) is 0 Å². The maximum atomic E-state index is 4.81. The summed E-state index contributed by atoms with van der Waals surface area (Å²) in [5.41, 5.74) is 1.35. The Morgan fingerprint density at radius 1 is 1.15 bits per heavy atom. The van der Waals surface area contributed by atoms with Crippen LogP contribution in [0.25, 0.3) is 0 Å². The van der Waals surface area contributed by atoms with Gasteiger partial charge in [0.05, 0.1) is 0 Å². The molecule has 0 atom stereocenters. The molecule has 4 heteroatoms. The Labute approximate surface area is 123 Å². The fraction of sp³-hybridized carbons (Fsp3) is 0.688. The number of piperazine rings is 1. The van der Waals surface area contributed by atoms with Crippen molar-refractivity contribution in [1.82, 2.24) is 15.2 Å². The van der Waals surface area contributed by atoms with Gasteiger partial charge in [0.1, 0.15) is 5.82 Å². The van der Waals surface area contributed by atoms with Crippen molar-refractivity contribution in [3.05, 3.63) is 23.9 Å². The number of nitrogens with one attached hydrogen (secondary N) is 1. The molecule has 4 nitrogen and oxygen atoms in total. The molecule has 20 heavy (non-hydrogen) atoms. The van der Waals surface area contributed by atoms with Gasteiger partial charge in [-0.25, -0.2) is 4.98 Å². The maximum absolute atomic E-state index is 4.81. The zero-order valence-electron chi connectivity index (χ0n) is 13.3. The van der Waals surface area contributed by atoms with Crippen molar-refractivity contribution in [2.24, 2.45) is 0 Å². The number of likely N-dealkylation sites (N-methyl/N-ethyl adjacent to an activating group) is 1. The van der Waals surface area contributed by atoms with Crippen molar-refractivity contribution in [2.75, 3.05) is 44.7 Å². The normalized spacial score (nSPS) is 17.5. The number of pyridine rings is 1. The highest BCUT2D eigenvalue weighted by Gasteiger charge is 2.15. The smallest absolute Gasteiger partial charge is 0.128 e. The Balaban J connectivity index is 1.91. The molecule has 112 valence electrons. The van der Waals surface area contributed by atoms with E-state index in [1.807, 2.05) is 0 Å². The molecule has 1 saturated heterocycles. The predicted octanol–water partition coefficient (Wildman–Crippen LogP) is 1.76. The molecule has 0 aliphatic carbocycles. The van der Waals surface area contributed by atoms with Crippen molar-refractivity contribution >= 4 is 5.82 Å². The van der Waals surface area contributed by atoms with Crippen molar-refractivity contribution in [2.45, 2.75) is 32.7 Å². The van der Waals surface area contributed by atoms with Crippen molar-refractivity contribution < 1.29 is 0 Å². The molecular weight excluding hydrogens is 248 g/mol. The second kappa shape index (κ2) is 6.55. The van der Waals surface area contributed by atoms with E-state index in [4.69, 9.17) is 4.98 Å². The van der Waals surface area contributed by atoms with Crippen LogP contribution in [0.4, 0.5) is 5.82 Å². The Bertz CT molecular complexity index is 417. The van der Waals surface area contributed by atoms with Gasteiger partial charge < -0.3 is 15.1 Å². The van der Waals surface area contributed by atoms with E-state index < -0.39 is 0 Å². The van der Waals surface area contributed by atoms with Crippen molar-refractivity contribution in [3.63, 3.8) is 0 Å². The van der Waals surface area contributed by atoms with Gasteiger partial charge in [-0.15, -0.1) is 0 Å². The number of hydrogen-bond acceptors (Lipinski definition) is 4. The molecular formula is C16H28N4. The minimum atomic E-state index is 0.176. The summed E-state index contributed by atoms with van der Waals surface area (Å²) >= 11 is 0. The molecule has 1 aliphatic heterocycles. The van der Waals surface area contributed by atoms with Crippen LogP contribution in [0.5, 0.6) is 0 Å². The van der Waals surface area contributed by atoms with Crippen LogP contribution in [-0.2, 0) is 6.42 Å². The van der Waals surface area contributed by atoms with Crippen LogP contribution in [-0.4, -0.2) is 55.2 Å². The van der Waals surface area contributed by atoms with Crippen LogP contribution in [0.3, 0.4) is 0 Å². The minimum Gasteiger partial charge on any atom is -0.354 e. The van der Waals surface area contributed by atoms with Crippen LogP contribution in [0.15, 0.2) is 18.2 Å². The maximum Gasteiger partial charge on any atom is 0.128 e. The van der Waals surface area contributed by atoms with Gasteiger partial charge in [0.25, 0.3) is 0 Å². The highest BCUT2D eigenvalue weighted by atomic mass is 15.3. The van der Waals surface area contributed by atoms with Gasteiger partial charge in [-0.3, -0.25) is 0 Å². The molecule has 1 fully saturated rings. The summed E-state index contributed by atoms with van der Waals surface area (Å²) in [6, 6.07) is 6.39. The molecule has 2 heterocycles. The third-order valence-corrected chi connectivity index (χ3v) is 3.66. The predicted molar refractivity (Wildman–Crippen MR) is 85.4 cm³/mol. The lowest BCUT2D eigenvalue weighted by atomic mass is 10.1. The Hall–Kier alpha value is -1.13. The SMILES string of the molecule is CN1CCN(c2cccc(CCNC(C)(C)C)n2)CC1. The third-order valence-electron chi connectivity index (χ3n) is 3.66. The zero-order chi connectivity index (χ0) is 14.6. The average Bonchev–Trinajstić information content (AvgIpc) is 2.38. The molecule has 1 aromatic heterocycles. The van der Waals surface area contributed by atoms with E-state index >= 15 is 0 Å². The van der Waals surface area contributed by atoms with Gasteiger partial charge in [-0.05, 0) is 40.0 Å². The van der Waals surface area contributed by atoms with Gasteiger partial charge in [0.15, 0.2) is 0 Å². The molecule has 0 unspecified atom stereocenters. The van der Waals surface area contributed by atoms with E-state index in [2.05, 4.69) is 61.1 Å². The first kappa shape index (κ1) is 15.3. The third kappa shape index (κ3) is 4.76. The van der Waals surface area contributed by atoms with Gasteiger partial charge >= 0.3 is 0 Å². The highest BCUT2D eigenvalue weighted by molar-refractivity contribution is 5.39. The largest absolute Gasteiger partial charge is 0.354 e. The minimum absolute atomic E-state index is 0.176. The molecule has 0 spiro atoms. The first-order valence-corrected chi connectivity index (χ1v) is 7.58. The first-order chi connectivity index (χ1) is 9.44. The van der Waals surface area contributed by atoms with Gasteiger partial charge in [-0.1, -0.05) is 6.07 Å².